The van der Waals surface area contributed by atoms with Gasteiger partial charge in [-0.15, -0.1) is 0 Å². The van der Waals surface area contributed by atoms with E-state index in [-0.39, 0.29) is 19.1 Å². The third kappa shape index (κ3) is 4.50. The van der Waals surface area contributed by atoms with Gasteiger partial charge in [-0.25, -0.2) is 14.1 Å². The second-order valence-electron chi connectivity index (χ2n) is 8.06. The first-order valence-electron chi connectivity index (χ1n) is 11.3. The van der Waals surface area contributed by atoms with Gasteiger partial charge in [-0.3, -0.25) is 9.79 Å². The third-order valence-electron chi connectivity index (χ3n) is 5.94. The largest absolute Gasteiger partial charge is 0.489 e. The predicted molar refractivity (Wildman–Crippen MR) is 129 cm³/mol. The number of pyridine rings is 1. The summed E-state index contributed by atoms with van der Waals surface area (Å²) in [7, 11) is 0. The van der Waals surface area contributed by atoms with Gasteiger partial charge in [-0.2, -0.15) is 5.10 Å². The molecule has 0 unspecified atom stereocenters. The van der Waals surface area contributed by atoms with Gasteiger partial charge in [-0.1, -0.05) is 11.6 Å². The van der Waals surface area contributed by atoms with Crippen molar-refractivity contribution in [2.45, 2.75) is 6.54 Å². The number of alkyl halides is 1. The number of amides is 1. The topological polar surface area (TPSA) is 87.9 Å². The van der Waals surface area contributed by atoms with E-state index in [0.29, 0.717) is 49.1 Å². The molecule has 4 heterocycles. The van der Waals surface area contributed by atoms with Crippen molar-refractivity contribution >= 4 is 40.1 Å². The van der Waals surface area contributed by atoms with E-state index in [0.717, 1.165) is 29.1 Å². The van der Waals surface area contributed by atoms with Gasteiger partial charge in [-0.05, 0) is 24.3 Å². The Balaban J connectivity index is 1.25. The van der Waals surface area contributed by atoms with Crippen LogP contribution in [0.5, 0.6) is 5.75 Å². The Hall–Kier alpha value is -3.40. The van der Waals surface area contributed by atoms with Crippen LogP contribution < -0.4 is 15.0 Å². The second kappa shape index (κ2) is 9.84. The lowest BCUT2D eigenvalue weighted by molar-refractivity contribution is -0.132. The lowest BCUT2D eigenvalue weighted by Crippen LogP contribution is -2.49. The Morgan fingerprint density at radius 3 is 2.82 bits per heavy atom. The molecule has 5 rings (SSSR count). The molecule has 178 valence electrons. The number of rotatable bonds is 7. The molecular formula is C23H25ClFN7O2. The number of aliphatic imine (C=N–C) groups is 1. The number of carbonyl (C=O) groups is 1. The Morgan fingerprint density at radius 2 is 2.06 bits per heavy atom. The molecule has 2 aliphatic heterocycles. The van der Waals surface area contributed by atoms with Gasteiger partial charge in [0, 0.05) is 50.7 Å². The zero-order valence-corrected chi connectivity index (χ0v) is 19.3. The van der Waals surface area contributed by atoms with Crippen molar-refractivity contribution in [2.24, 2.45) is 4.99 Å². The third-order valence-corrected chi connectivity index (χ3v) is 6.25. The zero-order valence-electron chi connectivity index (χ0n) is 18.6. The van der Waals surface area contributed by atoms with Gasteiger partial charge in [0.05, 0.1) is 17.0 Å². The summed E-state index contributed by atoms with van der Waals surface area (Å²) in [5.41, 5.74) is 2.33. The molecule has 2 aromatic heterocycles. The molecular weight excluding hydrogens is 461 g/mol. The van der Waals surface area contributed by atoms with Gasteiger partial charge in [0.25, 0.3) is 0 Å². The number of anilines is 1. The first-order valence-corrected chi connectivity index (χ1v) is 11.6. The van der Waals surface area contributed by atoms with Crippen LogP contribution in [-0.4, -0.2) is 84.0 Å². The van der Waals surface area contributed by atoms with Crippen molar-refractivity contribution in [2.75, 3.05) is 57.4 Å². The minimum absolute atomic E-state index is 0.00866. The van der Waals surface area contributed by atoms with E-state index < -0.39 is 6.67 Å². The molecule has 3 aromatic rings. The molecule has 9 nitrogen and oxygen atoms in total. The molecule has 2 aliphatic rings. The highest BCUT2D eigenvalue weighted by atomic mass is 35.5. The van der Waals surface area contributed by atoms with E-state index in [2.05, 4.69) is 25.3 Å². The van der Waals surface area contributed by atoms with Crippen LogP contribution in [0.15, 0.2) is 41.5 Å². The number of nitrogens with zero attached hydrogens (tertiary/aromatic N) is 6. The number of nitrogens with one attached hydrogen (secondary N) is 1. The normalized spacial score (nSPS) is 16.0. The maximum Gasteiger partial charge on any atom is 0.244 e. The monoisotopic (exact) mass is 485 g/mol. The van der Waals surface area contributed by atoms with E-state index >= 15 is 0 Å². The zero-order chi connectivity index (χ0) is 23.5. The number of fused-ring (bicyclic) bond motifs is 1. The van der Waals surface area contributed by atoms with Gasteiger partial charge < -0.3 is 19.9 Å². The number of piperazine rings is 1. The van der Waals surface area contributed by atoms with Crippen LogP contribution in [0.4, 0.5) is 10.1 Å². The molecule has 1 N–H and O–H groups in total. The SMILES string of the molecule is O=C(Cn1nc(C2=NCCN2)c2cccnc21)N1CCN(c2ccc(Cl)c(OCCF)c2)CC1. The molecule has 0 bridgehead atoms. The van der Waals surface area contributed by atoms with Crippen molar-refractivity contribution in [1.29, 1.82) is 0 Å². The minimum Gasteiger partial charge on any atom is -0.489 e. The van der Waals surface area contributed by atoms with Gasteiger partial charge in [0.15, 0.2) is 5.65 Å². The van der Waals surface area contributed by atoms with Crippen LogP contribution in [-0.2, 0) is 11.3 Å². The maximum atomic E-state index is 13.1. The summed E-state index contributed by atoms with van der Waals surface area (Å²) in [6, 6.07) is 9.28. The molecule has 0 spiro atoms. The van der Waals surface area contributed by atoms with Crippen LogP contribution >= 0.6 is 11.6 Å². The van der Waals surface area contributed by atoms with Crippen molar-refractivity contribution in [3.63, 3.8) is 0 Å². The molecule has 0 atom stereocenters. The minimum atomic E-state index is -0.575. The second-order valence-corrected chi connectivity index (χ2v) is 8.47. The van der Waals surface area contributed by atoms with Crippen molar-refractivity contribution in [3.8, 4) is 5.75 Å². The van der Waals surface area contributed by atoms with Gasteiger partial charge in [0.1, 0.15) is 37.1 Å². The molecule has 1 saturated heterocycles. The standard InChI is InChI=1S/C23H25ClFN7O2/c24-18-4-3-16(14-19(18)34-13-5-25)30-9-11-31(12-10-30)20(33)15-32-23-17(2-1-6-28-23)21(29-32)22-26-7-8-27-22/h1-4,6,14H,5,7-13,15H2,(H,26,27). The van der Waals surface area contributed by atoms with Crippen LogP contribution in [0.1, 0.15) is 5.69 Å². The Bertz CT molecular complexity index is 1220. The number of benzene rings is 1. The molecule has 0 saturated carbocycles. The van der Waals surface area contributed by atoms with Gasteiger partial charge >= 0.3 is 0 Å². The molecule has 1 amide bonds. The van der Waals surface area contributed by atoms with E-state index in [1.807, 2.05) is 29.2 Å². The van der Waals surface area contributed by atoms with Crippen molar-refractivity contribution < 1.29 is 13.9 Å². The Labute approximate surface area is 201 Å². The van der Waals surface area contributed by atoms with E-state index in [1.165, 1.54) is 0 Å². The van der Waals surface area contributed by atoms with Crippen LogP contribution in [0.25, 0.3) is 11.0 Å². The van der Waals surface area contributed by atoms with E-state index in [1.54, 1.807) is 16.9 Å². The molecule has 1 fully saturated rings. The number of halogens is 2. The summed E-state index contributed by atoms with van der Waals surface area (Å²) in [4.78, 5) is 26.0. The van der Waals surface area contributed by atoms with Crippen molar-refractivity contribution in [3.05, 3.63) is 47.2 Å². The lowest BCUT2D eigenvalue weighted by atomic mass is 10.2. The van der Waals surface area contributed by atoms with Crippen molar-refractivity contribution in [1.82, 2.24) is 25.0 Å². The summed E-state index contributed by atoms with van der Waals surface area (Å²) < 4.78 is 19.5. The number of hydrogen-bond donors (Lipinski definition) is 1. The maximum absolute atomic E-state index is 13.1. The summed E-state index contributed by atoms with van der Waals surface area (Å²) in [6.07, 6.45) is 1.70. The fraction of sp³-hybridized carbons (Fsp3) is 0.391. The summed E-state index contributed by atoms with van der Waals surface area (Å²) >= 11 is 6.15. The first-order chi connectivity index (χ1) is 16.6. The number of aromatic nitrogens is 3. The Kier molecular flexibility index (Phi) is 6.48. The summed E-state index contributed by atoms with van der Waals surface area (Å²) in [6.45, 7) is 3.49. The van der Waals surface area contributed by atoms with Crippen LogP contribution in [0.2, 0.25) is 5.02 Å². The Morgan fingerprint density at radius 1 is 1.21 bits per heavy atom. The molecule has 11 heteroatoms. The smallest absolute Gasteiger partial charge is 0.244 e. The predicted octanol–water partition coefficient (Wildman–Crippen LogP) is 2.13. The molecule has 34 heavy (non-hydrogen) atoms. The molecule has 0 radical (unpaired) electrons. The highest BCUT2D eigenvalue weighted by Crippen LogP contribution is 2.30. The van der Waals surface area contributed by atoms with Crippen LogP contribution in [0.3, 0.4) is 0 Å². The average molecular weight is 486 g/mol. The fourth-order valence-electron chi connectivity index (χ4n) is 4.24. The number of amidine groups is 1. The average Bonchev–Trinajstić information content (AvgIpc) is 3.52. The van der Waals surface area contributed by atoms with Crippen LogP contribution in [0, 0.1) is 0 Å². The number of ether oxygens (including phenoxy) is 1. The highest BCUT2D eigenvalue weighted by molar-refractivity contribution is 6.32. The lowest BCUT2D eigenvalue weighted by Gasteiger charge is -2.36. The quantitative estimate of drug-likeness (QED) is 0.551. The summed E-state index contributed by atoms with van der Waals surface area (Å²) in [5.74, 6) is 1.20. The van der Waals surface area contributed by atoms with E-state index in [9.17, 15) is 9.18 Å². The first kappa shape index (κ1) is 22.4. The highest BCUT2D eigenvalue weighted by Gasteiger charge is 2.25. The number of carbonyl (C=O) groups excluding carboxylic acids is 1. The van der Waals surface area contributed by atoms with Gasteiger partial charge in [0.2, 0.25) is 5.91 Å². The fourth-order valence-corrected chi connectivity index (χ4v) is 4.41. The molecule has 1 aromatic carbocycles. The van der Waals surface area contributed by atoms with E-state index in [4.69, 9.17) is 16.3 Å². The number of hydrogen-bond acceptors (Lipinski definition) is 7. The molecule has 0 aliphatic carbocycles. The summed E-state index contributed by atoms with van der Waals surface area (Å²) in [5, 5.41) is 9.23.